The van der Waals surface area contributed by atoms with E-state index in [1.807, 2.05) is 45.9 Å². The molecule has 0 aliphatic carbocycles. The summed E-state index contributed by atoms with van der Waals surface area (Å²) >= 11 is 0. The molecule has 0 bridgehead atoms. The molecule has 6 nitrogen and oxygen atoms in total. The molecule has 0 aliphatic rings. The average molecular weight is 391 g/mol. The van der Waals surface area contributed by atoms with Crippen LogP contribution in [0.15, 0.2) is 35.2 Å². The van der Waals surface area contributed by atoms with E-state index < -0.39 is 10.0 Å². The Bertz CT molecular complexity index is 966. The minimum absolute atomic E-state index is 0.140. The van der Waals surface area contributed by atoms with Crippen LogP contribution >= 0.6 is 0 Å². The third kappa shape index (κ3) is 4.87. The minimum Gasteiger partial charge on any atom is -0.483 e. The van der Waals surface area contributed by atoms with Gasteiger partial charge in [-0.05, 0) is 62.6 Å². The summed E-state index contributed by atoms with van der Waals surface area (Å²) in [7, 11) is -0.643. The third-order valence-electron chi connectivity index (χ3n) is 4.38. The fraction of sp³-hybridized carbons (Fsp3) is 0.350. The van der Waals surface area contributed by atoms with Crippen molar-refractivity contribution in [1.29, 1.82) is 0 Å². The largest absolute Gasteiger partial charge is 0.483 e. The number of benzene rings is 2. The molecule has 0 heterocycles. The monoisotopic (exact) mass is 390 g/mol. The van der Waals surface area contributed by atoms with Crippen LogP contribution in [-0.4, -0.2) is 39.3 Å². The average Bonchev–Trinajstić information content (AvgIpc) is 2.57. The van der Waals surface area contributed by atoms with E-state index in [1.54, 1.807) is 6.07 Å². The number of sulfonamides is 1. The van der Waals surface area contributed by atoms with Gasteiger partial charge in [-0.15, -0.1) is 0 Å². The van der Waals surface area contributed by atoms with Crippen molar-refractivity contribution < 1.29 is 17.9 Å². The van der Waals surface area contributed by atoms with Gasteiger partial charge >= 0.3 is 0 Å². The minimum atomic E-state index is -3.59. The second-order valence-corrected chi connectivity index (χ2v) is 8.96. The fourth-order valence-corrected chi connectivity index (χ4v) is 3.62. The van der Waals surface area contributed by atoms with Crippen LogP contribution in [0.3, 0.4) is 0 Å². The second kappa shape index (κ2) is 8.10. The lowest BCUT2D eigenvalue weighted by molar-refractivity contribution is -0.118. The van der Waals surface area contributed by atoms with Crippen molar-refractivity contribution in [2.45, 2.75) is 32.6 Å². The van der Waals surface area contributed by atoms with Gasteiger partial charge in [0.15, 0.2) is 6.61 Å². The zero-order valence-corrected chi connectivity index (χ0v) is 17.4. The predicted molar refractivity (Wildman–Crippen MR) is 107 cm³/mol. The Morgan fingerprint density at radius 1 is 1.04 bits per heavy atom. The molecule has 0 saturated carbocycles. The third-order valence-corrected chi connectivity index (χ3v) is 6.18. The zero-order chi connectivity index (χ0) is 20.4. The van der Waals surface area contributed by atoms with Crippen LogP contribution in [0.2, 0.25) is 0 Å². The van der Waals surface area contributed by atoms with Gasteiger partial charge in [-0.2, -0.15) is 0 Å². The molecule has 0 atom stereocenters. The van der Waals surface area contributed by atoms with Crippen molar-refractivity contribution in [2.75, 3.05) is 26.0 Å². The molecule has 0 saturated heterocycles. The maximum Gasteiger partial charge on any atom is 0.262 e. The highest BCUT2D eigenvalue weighted by Crippen LogP contribution is 2.25. The SMILES string of the molecule is Cc1ccc(OCC(=O)Nc2cc(S(=O)(=O)N(C)C)cc(C)c2C)c(C)c1. The lowest BCUT2D eigenvalue weighted by Crippen LogP contribution is -2.24. The lowest BCUT2D eigenvalue weighted by Gasteiger charge is -2.16. The number of hydrogen-bond acceptors (Lipinski definition) is 4. The first-order valence-electron chi connectivity index (χ1n) is 8.56. The van der Waals surface area contributed by atoms with Gasteiger partial charge in [0.1, 0.15) is 5.75 Å². The Kier molecular flexibility index (Phi) is 6.28. The highest BCUT2D eigenvalue weighted by Gasteiger charge is 2.20. The highest BCUT2D eigenvalue weighted by molar-refractivity contribution is 7.89. The Hall–Kier alpha value is -2.38. The van der Waals surface area contributed by atoms with E-state index in [4.69, 9.17) is 4.74 Å². The topological polar surface area (TPSA) is 75.7 Å². The van der Waals surface area contributed by atoms with Gasteiger partial charge in [0, 0.05) is 19.8 Å². The molecule has 1 amide bonds. The van der Waals surface area contributed by atoms with E-state index >= 15 is 0 Å². The number of nitrogens with one attached hydrogen (secondary N) is 1. The summed E-state index contributed by atoms with van der Waals surface area (Å²) in [4.78, 5) is 12.5. The van der Waals surface area contributed by atoms with Crippen LogP contribution < -0.4 is 10.1 Å². The Morgan fingerprint density at radius 3 is 2.30 bits per heavy atom. The summed E-state index contributed by atoms with van der Waals surface area (Å²) in [6.45, 7) is 7.40. The molecule has 27 heavy (non-hydrogen) atoms. The summed E-state index contributed by atoms with van der Waals surface area (Å²) in [5.41, 5.74) is 4.13. The molecule has 2 aromatic carbocycles. The van der Waals surface area contributed by atoms with Crippen LogP contribution in [0.25, 0.3) is 0 Å². The maximum absolute atomic E-state index is 12.4. The number of carbonyl (C=O) groups is 1. The summed E-state index contributed by atoms with van der Waals surface area (Å²) in [6.07, 6.45) is 0. The van der Waals surface area contributed by atoms with E-state index in [0.717, 1.165) is 26.6 Å². The summed E-state index contributed by atoms with van der Waals surface area (Å²) < 4.78 is 31.5. The standard InChI is InChI=1S/C20H26N2O4S/c1-13-7-8-19(15(3)9-13)26-12-20(23)21-18-11-17(10-14(2)16(18)4)27(24,25)22(5)6/h7-11H,12H2,1-6H3,(H,21,23). The number of aryl methyl sites for hydroxylation is 3. The maximum atomic E-state index is 12.4. The number of rotatable bonds is 6. The van der Waals surface area contributed by atoms with Crippen LogP contribution in [0.1, 0.15) is 22.3 Å². The number of anilines is 1. The van der Waals surface area contributed by atoms with Crippen molar-refractivity contribution in [3.8, 4) is 5.75 Å². The normalized spacial score (nSPS) is 11.5. The Labute approximate surface area is 161 Å². The van der Waals surface area contributed by atoms with Crippen LogP contribution in [0.4, 0.5) is 5.69 Å². The van der Waals surface area contributed by atoms with Crippen LogP contribution in [-0.2, 0) is 14.8 Å². The summed E-state index contributed by atoms with van der Waals surface area (Å²) in [5, 5.41) is 2.76. The summed E-state index contributed by atoms with van der Waals surface area (Å²) in [6, 6.07) is 8.82. The molecule has 0 radical (unpaired) electrons. The first-order chi connectivity index (χ1) is 12.5. The molecule has 1 N–H and O–H groups in total. The van der Waals surface area contributed by atoms with Crippen molar-refractivity contribution in [2.24, 2.45) is 0 Å². The Balaban J connectivity index is 2.18. The molecule has 2 rings (SSSR count). The first kappa shape index (κ1) is 20.9. The highest BCUT2D eigenvalue weighted by atomic mass is 32.2. The van der Waals surface area contributed by atoms with E-state index in [9.17, 15) is 13.2 Å². The van der Waals surface area contributed by atoms with Gasteiger partial charge in [-0.25, -0.2) is 12.7 Å². The van der Waals surface area contributed by atoms with Gasteiger partial charge in [0.2, 0.25) is 10.0 Å². The predicted octanol–water partition coefficient (Wildman–Crippen LogP) is 3.19. The number of carbonyl (C=O) groups excluding carboxylic acids is 1. The van der Waals surface area contributed by atoms with Crippen molar-refractivity contribution in [3.63, 3.8) is 0 Å². The summed E-state index contributed by atoms with van der Waals surface area (Å²) in [5.74, 6) is 0.296. The fourth-order valence-electron chi connectivity index (χ4n) is 2.61. The molecular weight excluding hydrogens is 364 g/mol. The number of amides is 1. The first-order valence-corrected chi connectivity index (χ1v) is 10.00. The van der Waals surface area contributed by atoms with Crippen molar-refractivity contribution >= 4 is 21.6 Å². The molecular formula is C20H26N2O4S. The molecule has 0 aromatic heterocycles. The molecule has 0 fully saturated rings. The van der Waals surface area contributed by atoms with E-state index in [-0.39, 0.29) is 17.4 Å². The van der Waals surface area contributed by atoms with E-state index in [2.05, 4.69) is 5.32 Å². The van der Waals surface area contributed by atoms with Gasteiger partial charge in [0.05, 0.1) is 4.90 Å². The van der Waals surface area contributed by atoms with Crippen molar-refractivity contribution in [1.82, 2.24) is 4.31 Å². The smallest absolute Gasteiger partial charge is 0.262 e. The van der Waals surface area contributed by atoms with Crippen LogP contribution in [0.5, 0.6) is 5.75 Å². The van der Waals surface area contributed by atoms with E-state index in [0.29, 0.717) is 11.4 Å². The Morgan fingerprint density at radius 2 is 1.70 bits per heavy atom. The molecule has 0 aliphatic heterocycles. The quantitative estimate of drug-likeness (QED) is 0.822. The van der Waals surface area contributed by atoms with Gasteiger partial charge in [-0.3, -0.25) is 4.79 Å². The molecule has 2 aromatic rings. The lowest BCUT2D eigenvalue weighted by atomic mass is 10.1. The number of nitrogens with zero attached hydrogens (tertiary/aromatic N) is 1. The zero-order valence-electron chi connectivity index (χ0n) is 16.6. The molecule has 7 heteroatoms. The number of ether oxygens (including phenoxy) is 1. The molecule has 146 valence electrons. The van der Waals surface area contributed by atoms with Crippen LogP contribution in [0, 0.1) is 27.7 Å². The molecule has 0 unspecified atom stereocenters. The van der Waals surface area contributed by atoms with Gasteiger partial charge in [-0.1, -0.05) is 17.7 Å². The number of hydrogen-bond donors (Lipinski definition) is 1. The van der Waals surface area contributed by atoms with Gasteiger partial charge in [0.25, 0.3) is 5.91 Å². The second-order valence-electron chi connectivity index (χ2n) is 6.81. The van der Waals surface area contributed by atoms with Crippen molar-refractivity contribution in [3.05, 3.63) is 52.6 Å². The van der Waals surface area contributed by atoms with Gasteiger partial charge < -0.3 is 10.1 Å². The van der Waals surface area contributed by atoms with E-state index in [1.165, 1.54) is 20.2 Å². The molecule has 0 spiro atoms.